The number of nitrogens with zero attached hydrogens (tertiary/aromatic N) is 3. The fraction of sp³-hybridized carbons (Fsp3) is 0. The fourth-order valence-corrected chi connectivity index (χ4v) is 1.77. The van der Waals surface area contributed by atoms with Crippen LogP contribution in [0, 0.1) is 5.82 Å². The number of nitrogens with one attached hydrogen (secondary N) is 1. The minimum atomic E-state index is -1.11. The molecule has 0 fully saturated rings. The molecule has 100 valence electrons. The van der Waals surface area contributed by atoms with Crippen LogP contribution in [0.3, 0.4) is 0 Å². The van der Waals surface area contributed by atoms with E-state index in [1.165, 1.54) is 22.8 Å². The molecule has 0 unspecified atom stereocenters. The standard InChI is InChI=1S/C13H9FN4O2/c14-8-1-3-9(4-2-8)16-11-5-6-12-15-7-10(13(19)20)18(12)17-11/h1-7H,(H,16,17)(H,19,20). The van der Waals surface area contributed by atoms with Gasteiger partial charge in [0.2, 0.25) is 0 Å². The molecule has 2 heterocycles. The first-order chi connectivity index (χ1) is 9.63. The van der Waals surface area contributed by atoms with Gasteiger partial charge in [-0.3, -0.25) is 0 Å². The molecule has 0 saturated carbocycles. The molecule has 0 spiro atoms. The first-order valence-corrected chi connectivity index (χ1v) is 5.74. The minimum absolute atomic E-state index is 0.0252. The quantitative estimate of drug-likeness (QED) is 0.764. The van der Waals surface area contributed by atoms with Crippen molar-refractivity contribution in [3.8, 4) is 0 Å². The van der Waals surface area contributed by atoms with Gasteiger partial charge in [0.15, 0.2) is 17.2 Å². The van der Waals surface area contributed by atoms with Gasteiger partial charge in [0, 0.05) is 5.69 Å². The van der Waals surface area contributed by atoms with Crippen molar-refractivity contribution in [1.82, 2.24) is 14.6 Å². The highest BCUT2D eigenvalue weighted by molar-refractivity contribution is 5.86. The van der Waals surface area contributed by atoms with E-state index < -0.39 is 5.97 Å². The van der Waals surface area contributed by atoms with E-state index in [-0.39, 0.29) is 11.5 Å². The number of anilines is 2. The predicted octanol–water partition coefficient (Wildman–Crippen LogP) is 2.31. The van der Waals surface area contributed by atoms with E-state index in [9.17, 15) is 9.18 Å². The third-order valence-corrected chi connectivity index (χ3v) is 2.70. The molecule has 3 rings (SSSR count). The number of rotatable bonds is 3. The Labute approximate surface area is 112 Å². The van der Waals surface area contributed by atoms with Gasteiger partial charge in [-0.25, -0.2) is 18.7 Å². The zero-order valence-electron chi connectivity index (χ0n) is 10.1. The number of hydrogen-bond acceptors (Lipinski definition) is 4. The topological polar surface area (TPSA) is 79.5 Å². The zero-order valence-corrected chi connectivity index (χ0v) is 10.1. The molecule has 0 radical (unpaired) electrons. The van der Waals surface area contributed by atoms with Crippen LogP contribution in [0.25, 0.3) is 5.65 Å². The molecule has 1 aromatic carbocycles. The van der Waals surface area contributed by atoms with E-state index in [4.69, 9.17) is 5.11 Å². The number of carboxylic acid groups (broad SMARTS) is 1. The minimum Gasteiger partial charge on any atom is -0.476 e. The van der Waals surface area contributed by atoms with Gasteiger partial charge in [-0.05, 0) is 36.4 Å². The summed E-state index contributed by atoms with van der Waals surface area (Å²) in [5, 5.41) is 16.1. The van der Waals surface area contributed by atoms with Crippen molar-refractivity contribution in [2.75, 3.05) is 5.32 Å². The predicted molar refractivity (Wildman–Crippen MR) is 69.6 cm³/mol. The van der Waals surface area contributed by atoms with Gasteiger partial charge in [-0.2, -0.15) is 0 Å². The van der Waals surface area contributed by atoms with Crippen LogP contribution < -0.4 is 5.32 Å². The van der Waals surface area contributed by atoms with Crippen molar-refractivity contribution in [1.29, 1.82) is 0 Å². The van der Waals surface area contributed by atoms with E-state index in [0.29, 0.717) is 17.2 Å². The van der Waals surface area contributed by atoms with Crippen LogP contribution in [-0.4, -0.2) is 25.7 Å². The molecule has 3 aromatic rings. The summed E-state index contributed by atoms with van der Waals surface area (Å²) in [6.07, 6.45) is 1.24. The molecule has 20 heavy (non-hydrogen) atoms. The highest BCUT2D eigenvalue weighted by Crippen LogP contribution is 2.16. The molecule has 0 aliphatic heterocycles. The average Bonchev–Trinajstić information content (AvgIpc) is 2.84. The summed E-state index contributed by atoms with van der Waals surface area (Å²) < 4.78 is 14.0. The largest absolute Gasteiger partial charge is 0.476 e. The number of aromatic nitrogens is 3. The Balaban J connectivity index is 1.97. The summed E-state index contributed by atoms with van der Waals surface area (Å²) in [6.45, 7) is 0. The molecule has 6 nitrogen and oxygen atoms in total. The van der Waals surface area contributed by atoms with E-state index >= 15 is 0 Å². The Kier molecular flexibility index (Phi) is 2.79. The molecule has 0 atom stereocenters. The monoisotopic (exact) mass is 272 g/mol. The normalized spacial score (nSPS) is 10.7. The van der Waals surface area contributed by atoms with Crippen LogP contribution in [0.1, 0.15) is 10.5 Å². The molecule has 2 aromatic heterocycles. The lowest BCUT2D eigenvalue weighted by Gasteiger charge is -2.06. The number of carboxylic acids is 1. The summed E-state index contributed by atoms with van der Waals surface area (Å²) in [5.41, 5.74) is 1.06. The first kappa shape index (κ1) is 12.1. The van der Waals surface area contributed by atoms with Gasteiger partial charge in [-0.1, -0.05) is 0 Å². The fourth-order valence-electron chi connectivity index (χ4n) is 1.77. The van der Waals surface area contributed by atoms with Crippen LogP contribution >= 0.6 is 0 Å². The van der Waals surface area contributed by atoms with Crippen molar-refractivity contribution < 1.29 is 14.3 Å². The third-order valence-electron chi connectivity index (χ3n) is 2.70. The molecule has 0 aliphatic rings. The van der Waals surface area contributed by atoms with E-state index in [1.54, 1.807) is 24.3 Å². The van der Waals surface area contributed by atoms with Gasteiger partial charge in [0.05, 0.1) is 6.20 Å². The number of carbonyl (C=O) groups is 1. The molecular formula is C13H9FN4O2. The van der Waals surface area contributed by atoms with E-state index in [1.807, 2.05) is 0 Å². The molecule has 2 N–H and O–H groups in total. The summed E-state index contributed by atoms with van der Waals surface area (Å²) >= 11 is 0. The number of aromatic carboxylic acids is 1. The maximum Gasteiger partial charge on any atom is 0.356 e. The van der Waals surface area contributed by atoms with Crippen LogP contribution in [0.2, 0.25) is 0 Å². The second-order valence-corrected chi connectivity index (χ2v) is 4.07. The van der Waals surface area contributed by atoms with Crippen molar-refractivity contribution in [2.24, 2.45) is 0 Å². The second-order valence-electron chi connectivity index (χ2n) is 4.07. The average molecular weight is 272 g/mol. The lowest BCUT2D eigenvalue weighted by molar-refractivity contribution is 0.0688. The Hall–Kier alpha value is -2.96. The Morgan fingerprint density at radius 3 is 2.65 bits per heavy atom. The first-order valence-electron chi connectivity index (χ1n) is 5.74. The summed E-state index contributed by atoms with van der Waals surface area (Å²) in [4.78, 5) is 15.0. The zero-order chi connectivity index (χ0) is 14.1. The van der Waals surface area contributed by atoms with Crippen LogP contribution in [0.15, 0.2) is 42.6 Å². The SMILES string of the molecule is O=C(O)c1cnc2ccc(Nc3ccc(F)cc3)nn12. The number of halogens is 1. The Morgan fingerprint density at radius 1 is 1.20 bits per heavy atom. The summed E-state index contributed by atoms with van der Waals surface area (Å²) in [7, 11) is 0. The lowest BCUT2D eigenvalue weighted by atomic mass is 10.3. The molecule has 0 saturated heterocycles. The maximum atomic E-state index is 12.8. The van der Waals surface area contributed by atoms with E-state index in [0.717, 1.165) is 0 Å². The van der Waals surface area contributed by atoms with Crippen LogP contribution in [-0.2, 0) is 0 Å². The lowest BCUT2D eigenvalue weighted by Crippen LogP contribution is -2.06. The number of hydrogen-bond donors (Lipinski definition) is 2. The van der Waals surface area contributed by atoms with Gasteiger partial charge in [0.25, 0.3) is 0 Å². The molecule has 0 amide bonds. The summed E-state index contributed by atoms with van der Waals surface area (Å²) in [6, 6.07) is 9.07. The molecular weight excluding hydrogens is 263 g/mol. The molecule has 7 heteroatoms. The number of benzene rings is 1. The van der Waals surface area contributed by atoms with Gasteiger partial charge in [-0.15, -0.1) is 5.10 Å². The summed E-state index contributed by atoms with van der Waals surface area (Å²) in [5.74, 6) is -1.00. The number of fused-ring (bicyclic) bond motifs is 1. The number of imidazole rings is 1. The van der Waals surface area contributed by atoms with Gasteiger partial charge < -0.3 is 10.4 Å². The smallest absolute Gasteiger partial charge is 0.356 e. The Morgan fingerprint density at radius 2 is 1.95 bits per heavy atom. The van der Waals surface area contributed by atoms with Crippen molar-refractivity contribution in [3.05, 3.63) is 54.1 Å². The van der Waals surface area contributed by atoms with Gasteiger partial charge in [0.1, 0.15) is 5.82 Å². The van der Waals surface area contributed by atoms with Crippen molar-refractivity contribution in [2.45, 2.75) is 0 Å². The Bertz CT molecular complexity index is 783. The van der Waals surface area contributed by atoms with Crippen molar-refractivity contribution >= 4 is 23.1 Å². The maximum absolute atomic E-state index is 12.8. The van der Waals surface area contributed by atoms with Crippen LogP contribution in [0.5, 0.6) is 0 Å². The second kappa shape index (κ2) is 4.61. The highest BCUT2D eigenvalue weighted by Gasteiger charge is 2.11. The van der Waals surface area contributed by atoms with Gasteiger partial charge >= 0.3 is 5.97 Å². The van der Waals surface area contributed by atoms with Crippen molar-refractivity contribution in [3.63, 3.8) is 0 Å². The molecule has 0 bridgehead atoms. The third kappa shape index (κ3) is 2.16. The van der Waals surface area contributed by atoms with Crippen LogP contribution in [0.4, 0.5) is 15.9 Å². The highest BCUT2D eigenvalue weighted by atomic mass is 19.1. The molecule has 0 aliphatic carbocycles. The van der Waals surface area contributed by atoms with E-state index in [2.05, 4.69) is 15.4 Å².